The van der Waals surface area contributed by atoms with Crippen molar-refractivity contribution in [3.8, 4) is 0 Å². The van der Waals surface area contributed by atoms with Crippen LogP contribution in [0.1, 0.15) is 68.9 Å². The van der Waals surface area contributed by atoms with Gasteiger partial charge in [-0.15, -0.1) is 23.2 Å². The van der Waals surface area contributed by atoms with Crippen LogP contribution in [-0.2, 0) is 20.4 Å². The van der Waals surface area contributed by atoms with Crippen LogP contribution in [0.15, 0.2) is 54.6 Å². The Balaban J connectivity index is 1.59. The van der Waals surface area contributed by atoms with Crippen molar-refractivity contribution in [2.75, 3.05) is 15.5 Å². The summed E-state index contributed by atoms with van der Waals surface area (Å²) in [5.74, 6) is -6.93. The molecular weight excluding hydrogens is 748 g/mol. The molecule has 1 aliphatic carbocycles. The number of imide groups is 1. The van der Waals surface area contributed by atoms with Gasteiger partial charge >= 0.3 is 18.4 Å². The van der Waals surface area contributed by atoms with Crippen molar-refractivity contribution >= 4 is 75.9 Å². The molecule has 51 heavy (non-hydrogen) atoms. The molecule has 0 radical (unpaired) electrons. The van der Waals surface area contributed by atoms with E-state index in [1.165, 1.54) is 65.8 Å². The minimum absolute atomic E-state index is 0.0188. The molecule has 0 spiro atoms. The fourth-order valence-corrected chi connectivity index (χ4v) is 5.91. The van der Waals surface area contributed by atoms with Gasteiger partial charge in [-0.2, -0.15) is 18.1 Å². The lowest BCUT2D eigenvalue weighted by atomic mass is 10.1. The van der Waals surface area contributed by atoms with Crippen molar-refractivity contribution in [1.82, 2.24) is 0 Å². The number of nitrogens with zero attached hydrogens (tertiary/aromatic N) is 1. The van der Waals surface area contributed by atoms with Gasteiger partial charge in [-0.25, -0.2) is 18.4 Å². The van der Waals surface area contributed by atoms with Crippen molar-refractivity contribution in [3.63, 3.8) is 0 Å². The zero-order valence-electron chi connectivity index (χ0n) is 27.8. The van der Waals surface area contributed by atoms with E-state index in [1.807, 2.05) is 0 Å². The molecular formula is C34H31Cl3F5N3O6. The van der Waals surface area contributed by atoms with Crippen molar-refractivity contribution in [2.45, 2.75) is 69.2 Å². The van der Waals surface area contributed by atoms with Gasteiger partial charge in [0.25, 0.3) is 5.91 Å². The van der Waals surface area contributed by atoms with E-state index in [1.54, 1.807) is 0 Å². The number of rotatable bonds is 6. The summed E-state index contributed by atoms with van der Waals surface area (Å²) in [6, 6.07) is 9.39. The van der Waals surface area contributed by atoms with Crippen LogP contribution in [0, 0.1) is 17.6 Å². The van der Waals surface area contributed by atoms with Crippen molar-refractivity contribution in [1.29, 1.82) is 0 Å². The summed E-state index contributed by atoms with van der Waals surface area (Å²) in [5.41, 5.74) is -5.47. The summed E-state index contributed by atoms with van der Waals surface area (Å²) in [6.07, 6.45) is -7.57. The van der Waals surface area contributed by atoms with E-state index >= 15 is 8.78 Å². The topological polar surface area (TPSA) is 114 Å². The zero-order chi connectivity index (χ0) is 38.4. The zero-order valence-corrected chi connectivity index (χ0v) is 30.0. The van der Waals surface area contributed by atoms with Crippen LogP contribution in [0.5, 0.6) is 0 Å². The number of hydrogen-bond acceptors (Lipinski definition) is 6. The largest absolute Gasteiger partial charge is 0.443 e. The summed E-state index contributed by atoms with van der Waals surface area (Å²) in [4.78, 5) is 52.6. The predicted molar refractivity (Wildman–Crippen MR) is 181 cm³/mol. The third-order valence-electron chi connectivity index (χ3n) is 7.08. The Bertz CT molecular complexity index is 1860. The summed E-state index contributed by atoms with van der Waals surface area (Å²) in [6.45, 7) is 8.77. The number of anilines is 3. The van der Waals surface area contributed by atoms with Gasteiger partial charge < -0.3 is 20.1 Å². The lowest BCUT2D eigenvalue weighted by Crippen LogP contribution is -2.44. The summed E-state index contributed by atoms with van der Waals surface area (Å²) in [5, 5.41) is 4.52. The fraction of sp³-hybridized carbons (Fsp3) is 0.353. The highest BCUT2D eigenvalue weighted by atomic mass is 35.5. The number of carbonyl (C=O) groups excluding carboxylic acids is 4. The Morgan fingerprint density at radius 3 is 1.96 bits per heavy atom. The van der Waals surface area contributed by atoms with Gasteiger partial charge in [0, 0.05) is 11.6 Å². The number of hydrogen-bond donors (Lipinski definition) is 2. The van der Waals surface area contributed by atoms with E-state index in [9.17, 15) is 32.3 Å². The van der Waals surface area contributed by atoms with Gasteiger partial charge in [0.05, 0.1) is 27.8 Å². The molecule has 1 fully saturated rings. The minimum Gasteiger partial charge on any atom is -0.443 e. The average molecular weight is 779 g/mol. The average Bonchev–Trinajstić information content (AvgIpc) is 3.57. The summed E-state index contributed by atoms with van der Waals surface area (Å²) < 4.78 is 79.5. The maximum Gasteiger partial charge on any atom is 0.424 e. The van der Waals surface area contributed by atoms with Gasteiger partial charge in [0.15, 0.2) is 11.6 Å². The Kier molecular flexibility index (Phi) is 11.0. The summed E-state index contributed by atoms with van der Waals surface area (Å²) in [7, 11) is 0. The van der Waals surface area contributed by atoms with Crippen molar-refractivity contribution in [3.05, 3.63) is 87.9 Å². The van der Waals surface area contributed by atoms with E-state index in [0.717, 1.165) is 24.3 Å². The molecule has 3 aromatic rings. The number of ether oxygens (including phenoxy) is 2. The third-order valence-corrected chi connectivity index (χ3v) is 8.35. The van der Waals surface area contributed by atoms with Gasteiger partial charge in [0.1, 0.15) is 21.2 Å². The molecule has 2 unspecified atom stereocenters. The van der Waals surface area contributed by atoms with Crippen molar-refractivity contribution in [2.24, 2.45) is 5.92 Å². The minimum atomic E-state index is -4.64. The SMILES string of the molecule is CC(C)(C)OC(=O)N(C(=O)OC(C)(C)C)c1c(F)ccc(NC(=O)c2cc(NC(=O)C3C(c4cccc(C(F)(F)F)c4)C3(Cl)Cl)ccc2Cl)c1F. The van der Waals surface area contributed by atoms with Gasteiger partial charge in [0.2, 0.25) is 5.91 Å². The quantitative estimate of drug-likeness (QED) is 0.190. The molecule has 1 saturated carbocycles. The number of carbonyl (C=O) groups is 4. The highest BCUT2D eigenvalue weighted by Gasteiger charge is 2.67. The Morgan fingerprint density at radius 2 is 1.41 bits per heavy atom. The van der Waals surface area contributed by atoms with Crippen LogP contribution in [0.4, 0.5) is 48.6 Å². The molecule has 0 saturated heterocycles. The number of nitrogens with one attached hydrogen (secondary N) is 2. The number of alkyl halides is 5. The van der Waals surface area contributed by atoms with Gasteiger partial charge in [-0.3, -0.25) is 9.59 Å². The second-order valence-electron chi connectivity index (χ2n) is 13.4. The number of amides is 4. The maximum atomic E-state index is 15.9. The second-order valence-corrected chi connectivity index (χ2v) is 15.3. The molecule has 0 aliphatic heterocycles. The Labute approximate surface area is 304 Å². The molecule has 274 valence electrons. The van der Waals surface area contributed by atoms with E-state index in [4.69, 9.17) is 44.3 Å². The molecule has 4 amide bonds. The van der Waals surface area contributed by atoms with E-state index in [0.29, 0.717) is 6.07 Å². The Morgan fingerprint density at radius 1 is 0.824 bits per heavy atom. The third kappa shape index (κ3) is 9.21. The van der Waals surface area contributed by atoms with Crippen LogP contribution in [0.2, 0.25) is 5.02 Å². The second kappa shape index (κ2) is 14.1. The standard InChI is InChI=1S/C34H31Cl3F5N3O6/c1-31(2,3)50-29(48)45(30(49)51-32(4,5)6)26-21(38)12-13-22(25(26)39)44-27(46)19-15-18(10-11-20(19)35)43-28(47)24-23(33(24,36)37)16-8-7-9-17(14-16)34(40,41)42/h7-15,23-24H,1-6H3,(H,43,47)(H,44,46). The monoisotopic (exact) mass is 777 g/mol. The van der Waals surface area contributed by atoms with E-state index in [2.05, 4.69) is 10.6 Å². The van der Waals surface area contributed by atoms with Crippen LogP contribution >= 0.6 is 34.8 Å². The van der Waals surface area contributed by atoms with E-state index < -0.39 is 86.1 Å². The first-order valence-electron chi connectivity index (χ1n) is 15.0. The lowest BCUT2D eigenvalue weighted by molar-refractivity contribution is -0.137. The first-order valence-corrected chi connectivity index (χ1v) is 16.2. The van der Waals surface area contributed by atoms with Crippen LogP contribution in [-0.4, -0.2) is 39.5 Å². The molecule has 4 rings (SSSR count). The molecule has 3 aromatic carbocycles. The molecule has 0 bridgehead atoms. The summed E-state index contributed by atoms with van der Waals surface area (Å²) >= 11 is 18.8. The van der Waals surface area contributed by atoms with Crippen LogP contribution in [0.25, 0.3) is 0 Å². The molecule has 2 N–H and O–H groups in total. The van der Waals surface area contributed by atoms with Crippen molar-refractivity contribution < 1.29 is 50.6 Å². The highest BCUT2D eigenvalue weighted by molar-refractivity contribution is 6.53. The molecule has 0 heterocycles. The molecule has 0 aromatic heterocycles. The van der Waals surface area contributed by atoms with Crippen LogP contribution in [0.3, 0.4) is 0 Å². The molecule has 2 atom stereocenters. The van der Waals surface area contributed by atoms with Gasteiger partial charge in [-0.1, -0.05) is 29.8 Å². The molecule has 17 heteroatoms. The smallest absolute Gasteiger partial charge is 0.424 e. The normalized spacial score (nSPS) is 16.9. The maximum absolute atomic E-state index is 15.9. The fourth-order valence-electron chi connectivity index (χ4n) is 4.88. The first-order chi connectivity index (χ1) is 23.3. The molecule has 9 nitrogen and oxygen atoms in total. The highest BCUT2D eigenvalue weighted by Crippen LogP contribution is 2.65. The lowest BCUT2D eigenvalue weighted by Gasteiger charge is -2.29. The number of halogens is 8. The Hall–Kier alpha value is -4.14. The van der Waals surface area contributed by atoms with E-state index in [-0.39, 0.29) is 26.7 Å². The first kappa shape index (κ1) is 39.6. The predicted octanol–water partition coefficient (Wildman–Crippen LogP) is 10.1. The molecule has 1 aliphatic rings. The number of benzene rings is 3. The van der Waals surface area contributed by atoms with Crippen LogP contribution < -0.4 is 15.5 Å². The van der Waals surface area contributed by atoms with Gasteiger partial charge in [-0.05, 0) is 83.5 Å².